The van der Waals surface area contributed by atoms with Gasteiger partial charge in [0.1, 0.15) is 5.82 Å². The van der Waals surface area contributed by atoms with Gasteiger partial charge in [-0.05, 0) is 23.3 Å². The zero-order valence-corrected chi connectivity index (χ0v) is 14.2. The highest BCUT2D eigenvalue weighted by molar-refractivity contribution is 7.90. The second kappa shape index (κ2) is 6.49. The minimum atomic E-state index is -3.27. The van der Waals surface area contributed by atoms with Crippen molar-refractivity contribution in [1.82, 2.24) is 9.55 Å². The number of sulfone groups is 1. The second-order valence-electron chi connectivity index (χ2n) is 5.73. The lowest BCUT2D eigenvalue weighted by atomic mass is 10.1. The van der Waals surface area contributed by atoms with Crippen LogP contribution in [0.5, 0.6) is 0 Å². The molecule has 0 aliphatic heterocycles. The van der Waals surface area contributed by atoms with E-state index < -0.39 is 9.84 Å². The average molecular weight is 341 g/mol. The van der Waals surface area contributed by atoms with E-state index in [2.05, 4.69) is 4.98 Å². The number of nitrogen functional groups attached to an aromatic ring is 1. The number of rotatable bonds is 5. The van der Waals surface area contributed by atoms with Crippen molar-refractivity contribution < 1.29 is 8.42 Å². The van der Waals surface area contributed by atoms with Crippen molar-refractivity contribution in [3.63, 3.8) is 0 Å². The molecule has 0 spiro atoms. The maximum Gasteiger partial charge on any atom is 0.175 e. The molecule has 3 rings (SSSR count). The van der Waals surface area contributed by atoms with Crippen molar-refractivity contribution in [3.8, 4) is 0 Å². The van der Waals surface area contributed by atoms with Crippen molar-refractivity contribution in [3.05, 3.63) is 77.9 Å². The molecule has 0 atom stereocenters. The molecule has 2 aromatic carbocycles. The van der Waals surface area contributed by atoms with Crippen LogP contribution < -0.4 is 5.73 Å². The third-order valence-corrected chi connectivity index (χ3v) is 5.12. The molecule has 1 heterocycles. The molecule has 0 radical (unpaired) electrons. The smallest absolute Gasteiger partial charge is 0.175 e. The summed E-state index contributed by atoms with van der Waals surface area (Å²) in [6.45, 7) is 0.600. The van der Waals surface area contributed by atoms with Crippen molar-refractivity contribution >= 4 is 15.5 Å². The van der Waals surface area contributed by atoms with Crippen molar-refractivity contribution in [2.75, 3.05) is 12.0 Å². The van der Waals surface area contributed by atoms with Gasteiger partial charge in [-0.3, -0.25) is 0 Å². The Morgan fingerprint density at radius 3 is 2.42 bits per heavy atom. The Morgan fingerprint density at radius 1 is 1.04 bits per heavy atom. The second-order valence-corrected chi connectivity index (χ2v) is 7.71. The lowest BCUT2D eigenvalue weighted by molar-refractivity contribution is 0.600. The molecule has 0 saturated heterocycles. The van der Waals surface area contributed by atoms with E-state index in [-0.39, 0.29) is 0 Å². The van der Waals surface area contributed by atoms with Crippen LogP contribution in [-0.2, 0) is 22.8 Å². The van der Waals surface area contributed by atoms with Gasteiger partial charge in [-0.15, -0.1) is 0 Å². The first-order chi connectivity index (χ1) is 11.4. The van der Waals surface area contributed by atoms with E-state index >= 15 is 0 Å². The zero-order valence-electron chi connectivity index (χ0n) is 13.4. The predicted molar refractivity (Wildman–Crippen MR) is 94.5 cm³/mol. The third kappa shape index (κ3) is 3.49. The summed E-state index contributed by atoms with van der Waals surface area (Å²) in [6, 6.07) is 14.7. The molecular weight excluding hydrogens is 322 g/mol. The lowest BCUT2D eigenvalue weighted by Crippen LogP contribution is -2.09. The Balaban J connectivity index is 1.92. The van der Waals surface area contributed by atoms with Gasteiger partial charge in [-0.1, -0.05) is 36.4 Å². The van der Waals surface area contributed by atoms with E-state index in [4.69, 9.17) is 5.73 Å². The molecule has 0 aliphatic rings. The van der Waals surface area contributed by atoms with E-state index in [1.807, 2.05) is 47.2 Å². The topological polar surface area (TPSA) is 78.0 Å². The molecule has 0 bridgehead atoms. The van der Waals surface area contributed by atoms with E-state index in [0.29, 0.717) is 17.9 Å². The van der Waals surface area contributed by atoms with Gasteiger partial charge >= 0.3 is 0 Å². The first kappa shape index (κ1) is 16.3. The molecule has 0 saturated carbocycles. The molecule has 0 fully saturated rings. The summed E-state index contributed by atoms with van der Waals surface area (Å²) in [4.78, 5) is 4.73. The summed E-state index contributed by atoms with van der Waals surface area (Å²) >= 11 is 0. The number of anilines is 1. The zero-order chi connectivity index (χ0) is 17.2. The summed E-state index contributed by atoms with van der Waals surface area (Å²) in [5, 5.41) is 0. The Labute approximate surface area is 141 Å². The van der Waals surface area contributed by atoms with Gasteiger partial charge in [0.2, 0.25) is 0 Å². The molecule has 1 aromatic heterocycles. The van der Waals surface area contributed by atoms with Crippen molar-refractivity contribution in [1.29, 1.82) is 0 Å². The fourth-order valence-electron chi connectivity index (χ4n) is 2.69. The number of hydrogen-bond donors (Lipinski definition) is 1. The van der Waals surface area contributed by atoms with Gasteiger partial charge in [0.15, 0.2) is 9.84 Å². The minimum absolute atomic E-state index is 0.346. The number of nitrogens with zero attached hydrogens (tertiary/aromatic N) is 2. The Morgan fingerprint density at radius 2 is 1.71 bits per heavy atom. The number of hydrogen-bond acceptors (Lipinski definition) is 4. The number of nitrogens with two attached hydrogens (primary N) is 1. The van der Waals surface area contributed by atoms with Crippen molar-refractivity contribution in [2.45, 2.75) is 17.9 Å². The number of imidazole rings is 1. The van der Waals surface area contributed by atoms with Gasteiger partial charge in [0, 0.05) is 30.8 Å². The van der Waals surface area contributed by atoms with Crippen LogP contribution in [0.2, 0.25) is 0 Å². The molecule has 3 aromatic rings. The highest BCUT2D eigenvalue weighted by Crippen LogP contribution is 2.20. The van der Waals surface area contributed by atoms with Crippen LogP contribution >= 0.6 is 0 Å². The van der Waals surface area contributed by atoms with E-state index in [1.54, 1.807) is 18.3 Å². The third-order valence-electron chi connectivity index (χ3n) is 3.92. The summed E-state index contributed by atoms with van der Waals surface area (Å²) in [5.74, 6) is 0.800. The first-order valence-electron chi connectivity index (χ1n) is 7.56. The molecule has 5 nitrogen and oxygen atoms in total. The van der Waals surface area contributed by atoms with Crippen LogP contribution in [0.1, 0.15) is 17.0 Å². The van der Waals surface area contributed by atoms with E-state index in [0.717, 1.165) is 22.6 Å². The SMILES string of the molecule is CS(=O)(=O)c1ccccc1Cc1nccn1Cc1ccccc1N. The van der Waals surface area contributed by atoms with Crippen LogP contribution in [0.4, 0.5) is 5.69 Å². The lowest BCUT2D eigenvalue weighted by Gasteiger charge is -2.12. The van der Waals surface area contributed by atoms with Crippen LogP contribution in [0.15, 0.2) is 65.8 Å². The Hall–Kier alpha value is -2.60. The van der Waals surface area contributed by atoms with Crippen LogP contribution in [0.25, 0.3) is 0 Å². The standard InChI is InChI=1S/C18H19N3O2S/c1-24(22,23)17-9-5-3-6-14(17)12-18-20-10-11-21(18)13-15-7-2-4-8-16(15)19/h2-11H,12-13,19H2,1H3. The molecule has 24 heavy (non-hydrogen) atoms. The average Bonchev–Trinajstić information content (AvgIpc) is 2.96. The quantitative estimate of drug-likeness (QED) is 0.723. The van der Waals surface area contributed by atoms with Crippen molar-refractivity contribution in [2.24, 2.45) is 0 Å². The summed E-state index contributed by atoms with van der Waals surface area (Å²) in [6.07, 6.45) is 5.27. The molecular formula is C18H19N3O2S. The van der Waals surface area contributed by atoms with Gasteiger partial charge in [0.05, 0.1) is 11.4 Å². The largest absolute Gasteiger partial charge is 0.398 e. The predicted octanol–water partition coefficient (Wildman–Crippen LogP) is 2.51. The van der Waals surface area contributed by atoms with Gasteiger partial charge in [-0.25, -0.2) is 13.4 Å². The summed E-state index contributed by atoms with van der Waals surface area (Å²) in [5.41, 5.74) is 8.49. The van der Waals surface area contributed by atoms with Gasteiger partial charge in [0.25, 0.3) is 0 Å². The highest BCUT2D eigenvalue weighted by atomic mass is 32.2. The minimum Gasteiger partial charge on any atom is -0.398 e. The maximum atomic E-state index is 12.0. The number of benzene rings is 2. The monoisotopic (exact) mass is 341 g/mol. The normalized spacial score (nSPS) is 11.5. The Kier molecular flexibility index (Phi) is 4.40. The molecule has 0 unspecified atom stereocenters. The molecule has 2 N–H and O–H groups in total. The summed E-state index contributed by atoms with van der Waals surface area (Å²) in [7, 11) is -3.27. The van der Waals surface area contributed by atoms with Gasteiger partial charge in [-0.2, -0.15) is 0 Å². The highest BCUT2D eigenvalue weighted by Gasteiger charge is 2.15. The fourth-order valence-corrected chi connectivity index (χ4v) is 3.64. The number of aromatic nitrogens is 2. The van der Waals surface area contributed by atoms with Crippen LogP contribution in [-0.4, -0.2) is 24.2 Å². The Bertz CT molecular complexity index is 962. The molecule has 6 heteroatoms. The van der Waals surface area contributed by atoms with E-state index in [9.17, 15) is 8.42 Å². The van der Waals surface area contributed by atoms with Gasteiger partial charge < -0.3 is 10.3 Å². The summed E-state index contributed by atoms with van der Waals surface area (Å²) < 4.78 is 25.9. The van der Waals surface area contributed by atoms with Crippen LogP contribution in [0, 0.1) is 0 Å². The van der Waals surface area contributed by atoms with E-state index in [1.165, 1.54) is 6.26 Å². The number of para-hydroxylation sites is 1. The molecule has 124 valence electrons. The maximum absolute atomic E-state index is 12.0. The molecule has 0 aliphatic carbocycles. The molecule has 0 amide bonds. The fraction of sp³-hybridized carbons (Fsp3) is 0.167. The first-order valence-corrected chi connectivity index (χ1v) is 9.45. The van der Waals surface area contributed by atoms with Crippen LogP contribution in [0.3, 0.4) is 0 Å².